The number of hydrogen-bond donors (Lipinski definition) is 0. The van der Waals surface area contributed by atoms with Crippen LogP contribution in [0.2, 0.25) is 26.2 Å². The van der Waals surface area contributed by atoms with Crippen molar-refractivity contribution in [1.82, 2.24) is 0 Å². The van der Waals surface area contributed by atoms with Gasteiger partial charge in [0.05, 0.1) is 0 Å². The van der Waals surface area contributed by atoms with Crippen LogP contribution in [0.15, 0.2) is 0 Å². The molecule has 0 radical (unpaired) electrons. The molecule has 0 amide bonds. The van der Waals surface area contributed by atoms with E-state index in [1.54, 1.807) is 0 Å². The van der Waals surface area contributed by atoms with Crippen molar-refractivity contribution in [3.05, 3.63) is 0 Å². The quantitative estimate of drug-likeness (QED) is 0.327. The van der Waals surface area contributed by atoms with E-state index in [-0.39, 0.29) is 17.4 Å². The summed E-state index contributed by atoms with van der Waals surface area (Å²) in [6, 6.07) is 0. The maximum atomic E-state index is 2.93. The Labute approximate surface area is 110 Å². The fourth-order valence-corrected chi connectivity index (χ4v) is 865. The molecule has 4 aliphatic heterocycles. The second kappa shape index (κ2) is 3.07. The van der Waals surface area contributed by atoms with Gasteiger partial charge in [0.15, 0.2) is 0 Å². The van der Waals surface area contributed by atoms with E-state index in [4.69, 9.17) is 0 Å². The van der Waals surface area contributed by atoms with Crippen molar-refractivity contribution < 1.29 is 0 Å². The average molecular weight is 567 g/mol. The van der Waals surface area contributed by atoms with Crippen LogP contribution in [0.5, 0.6) is 0 Å². The van der Waals surface area contributed by atoms with Gasteiger partial charge >= 0.3 is 112 Å². The summed E-state index contributed by atoms with van der Waals surface area (Å²) in [6.07, 6.45) is 0. The van der Waals surface area contributed by atoms with E-state index in [1.807, 2.05) is 0 Å². The molecule has 4 heterocycles. The Morgan fingerprint density at radius 1 is 0.538 bits per heavy atom. The van der Waals surface area contributed by atoms with Crippen LogP contribution < -0.4 is 0 Å². The van der Waals surface area contributed by atoms with E-state index < -0.39 is 0 Å². The third-order valence-corrected chi connectivity index (χ3v) is 300. The zero-order valence-electron chi connectivity index (χ0n) is 8.04. The van der Waals surface area contributed by atoms with Crippen LogP contribution in [0.3, 0.4) is 0 Å². The first kappa shape index (κ1) is 11.5. The van der Waals surface area contributed by atoms with E-state index >= 15 is 0 Å². The minimum atomic E-state index is -0.376. The molecular formula is C4H12Se5Si4. The van der Waals surface area contributed by atoms with Gasteiger partial charge < -0.3 is 0 Å². The molecule has 0 aromatic heterocycles. The molecule has 9 heteroatoms. The van der Waals surface area contributed by atoms with E-state index in [0.29, 0.717) is 0 Å². The number of hydrogen-bond acceptors (Lipinski definition) is 0. The van der Waals surface area contributed by atoms with Crippen molar-refractivity contribution in [2.45, 2.75) is 26.2 Å². The molecule has 0 saturated carbocycles. The Morgan fingerprint density at radius 2 is 0.846 bits per heavy atom. The predicted octanol–water partition coefficient (Wildman–Crippen LogP) is -1.09. The zero-order chi connectivity index (χ0) is 9.54. The fraction of sp³-hybridized carbons (Fsp3) is 1.00. The Morgan fingerprint density at radius 3 is 1.08 bits per heavy atom. The molecule has 0 atom stereocenters. The topological polar surface area (TPSA) is 0 Å². The van der Waals surface area contributed by atoms with Gasteiger partial charge in [-0.15, -0.1) is 0 Å². The van der Waals surface area contributed by atoms with E-state index in [2.05, 4.69) is 26.2 Å². The Bertz CT molecular complexity index is 254. The van der Waals surface area contributed by atoms with Crippen LogP contribution in [-0.2, 0) is 0 Å². The van der Waals surface area contributed by atoms with E-state index in [0.717, 1.165) is 0 Å². The molecule has 13 heavy (non-hydrogen) atoms. The first-order chi connectivity index (χ1) is 5.79. The first-order valence-corrected chi connectivity index (χ1v) is 40.1. The van der Waals surface area contributed by atoms with Crippen LogP contribution in [0.4, 0.5) is 0 Å². The molecule has 0 N–H and O–H groups in total. The van der Waals surface area contributed by atoms with Crippen LogP contribution in [0.1, 0.15) is 0 Å². The monoisotopic (exact) mass is 572 g/mol. The minimum absolute atomic E-state index is 0.363. The van der Waals surface area contributed by atoms with Crippen molar-refractivity contribution >= 4 is 85.8 Å². The van der Waals surface area contributed by atoms with Crippen molar-refractivity contribution in [3.63, 3.8) is 0 Å². The number of rotatable bonds is 0. The predicted molar refractivity (Wildman–Crippen MR) is 75.2 cm³/mol. The van der Waals surface area contributed by atoms with E-state index in [9.17, 15) is 0 Å². The molecule has 4 bridgehead atoms. The van der Waals surface area contributed by atoms with Gasteiger partial charge in [0.1, 0.15) is 0 Å². The molecule has 0 aromatic carbocycles. The fourth-order valence-electron chi connectivity index (χ4n) is 2.29. The van der Waals surface area contributed by atoms with Crippen LogP contribution in [0, 0.1) is 0 Å². The second-order valence-corrected chi connectivity index (χ2v) is 133. The molecule has 0 aromatic rings. The molecule has 74 valence electrons. The summed E-state index contributed by atoms with van der Waals surface area (Å²) >= 11 is 6.89. The Balaban J connectivity index is 2.14. The summed E-state index contributed by atoms with van der Waals surface area (Å²) in [5.74, 6) is 0. The van der Waals surface area contributed by atoms with Gasteiger partial charge in [-0.1, -0.05) is 0 Å². The zero-order valence-corrected chi connectivity index (χ0v) is 20.6. The molecule has 4 rings (SSSR count). The van der Waals surface area contributed by atoms with Gasteiger partial charge in [-0.3, -0.25) is 0 Å². The molecule has 4 fully saturated rings. The summed E-state index contributed by atoms with van der Waals surface area (Å²) in [5.41, 5.74) is 0. The second-order valence-electron chi connectivity index (χ2n) is 4.13. The third kappa shape index (κ3) is 1.55. The normalized spacial score (nSPS) is 69.2. The van der Waals surface area contributed by atoms with Gasteiger partial charge in [-0.25, -0.2) is 0 Å². The van der Waals surface area contributed by atoms with Crippen molar-refractivity contribution in [1.29, 1.82) is 0 Å². The van der Waals surface area contributed by atoms with Crippen molar-refractivity contribution in [2.24, 2.45) is 0 Å². The van der Waals surface area contributed by atoms with E-state index in [1.165, 1.54) is 68.4 Å². The summed E-state index contributed by atoms with van der Waals surface area (Å²) < 4.78 is -0.726. The summed E-state index contributed by atoms with van der Waals surface area (Å²) in [4.78, 5) is -0.752. The van der Waals surface area contributed by atoms with Gasteiger partial charge in [-0.2, -0.15) is 0 Å². The van der Waals surface area contributed by atoms with Crippen molar-refractivity contribution in [3.8, 4) is 0 Å². The molecule has 0 spiro atoms. The molecule has 0 unspecified atom stereocenters. The van der Waals surface area contributed by atoms with Crippen LogP contribution in [-0.4, -0.2) is 85.8 Å². The van der Waals surface area contributed by atoms with Gasteiger partial charge in [0.2, 0.25) is 0 Å². The summed E-state index contributed by atoms with van der Waals surface area (Å²) in [7, 11) is 0. The van der Waals surface area contributed by atoms with Crippen LogP contribution in [0.25, 0.3) is 0 Å². The Kier molecular flexibility index (Phi) is 2.73. The summed E-state index contributed by atoms with van der Waals surface area (Å²) in [6.45, 7) is 11.6. The van der Waals surface area contributed by atoms with Gasteiger partial charge in [0, 0.05) is 0 Å². The standard InChI is InChI=1S/C4H12Se5Si4/c1-10-5-11(2)8-12(3,6-10)13(4,7-10)9-11/h1-4H3. The first-order valence-electron chi connectivity index (χ1n) is 4.29. The molecular weight excluding hydrogens is 555 g/mol. The van der Waals surface area contributed by atoms with Gasteiger partial charge in [0.25, 0.3) is 0 Å². The van der Waals surface area contributed by atoms with Crippen molar-refractivity contribution in [2.75, 3.05) is 0 Å². The molecule has 4 saturated heterocycles. The SMILES string of the molecule is C[Si]12[Se][Si]3(C)[Se][Si](C)([Se]1)[Si](C)([Se]2)[Se]3. The molecule has 0 aliphatic carbocycles. The molecule has 0 nitrogen and oxygen atoms in total. The van der Waals surface area contributed by atoms with Gasteiger partial charge in [-0.05, 0) is 0 Å². The Hall–Kier alpha value is 3.46. The third-order valence-electron chi connectivity index (χ3n) is 2.72. The summed E-state index contributed by atoms with van der Waals surface area (Å²) in [5, 5.41) is 0. The maximum absolute atomic E-state index is 2.93. The molecule has 4 aliphatic rings. The van der Waals surface area contributed by atoms with Crippen LogP contribution >= 0.6 is 0 Å². The average Bonchev–Trinajstić information content (AvgIpc) is 1.96.